The first-order valence-corrected chi connectivity index (χ1v) is 18.8. The van der Waals surface area contributed by atoms with Crippen LogP contribution < -0.4 is 0 Å². The molecule has 1 aliphatic carbocycles. The van der Waals surface area contributed by atoms with Crippen LogP contribution in [0.15, 0.2) is 174 Å². The Morgan fingerprint density at radius 1 is 0.481 bits per heavy atom. The molecule has 0 aliphatic heterocycles. The summed E-state index contributed by atoms with van der Waals surface area (Å²) in [5, 5.41) is 11.6. The van der Waals surface area contributed by atoms with Crippen molar-refractivity contribution in [2.75, 3.05) is 0 Å². The van der Waals surface area contributed by atoms with Crippen molar-refractivity contribution < 1.29 is 4.42 Å². The van der Waals surface area contributed by atoms with Gasteiger partial charge in [-0.2, -0.15) is 0 Å². The lowest BCUT2D eigenvalue weighted by atomic mass is 9.79. The van der Waals surface area contributed by atoms with E-state index in [9.17, 15) is 0 Å². The molecule has 1 unspecified atom stereocenters. The van der Waals surface area contributed by atoms with Gasteiger partial charge in [-0.3, -0.25) is 0 Å². The Hall–Kier alpha value is -6.22. The lowest BCUT2D eigenvalue weighted by molar-refractivity contribution is 0.583. The summed E-state index contributed by atoms with van der Waals surface area (Å²) in [7, 11) is 0. The fraction of sp³-hybridized carbons (Fsp3) is 0.0400. The Labute approximate surface area is 305 Å². The predicted molar refractivity (Wildman–Crippen MR) is 222 cm³/mol. The molecule has 2 heteroatoms. The third-order valence-corrected chi connectivity index (χ3v) is 12.4. The summed E-state index contributed by atoms with van der Waals surface area (Å²) in [6.45, 7) is 0. The van der Waals surface area contributed by atoms with Crippen LogP contribution in [-0.2, 0) is 0 Å². The van der Waals surface area contributed by atoms with Crippen molar-refractivity contribution in [3.05, 3.63) is 186 Å². The van der Waals surface area contributed by atoms with Gasteiger partial charge in [-0.15, -0.1) is 11.3 Å². The SMILES string of the molecule is C1=Cc2c(sc3cccc(-c4c5ccccc5c(-c5ccccc5)c5ccccc45)c23)C(c2c3ccccc3c(-c3ccco3)c3ccccc23)C1. The van der Waals surface area contributed by atoms with Crippen LogP contribution in [0.25, 0.3) is 92.8 Å². The molecule has 0 saturated carbocycles. The minimum atomic E-state index is 0.222. The zero-order chi connectivity index (χ0) is 34.2. The molecule has 0 bridgehead atoms. The fourth-order valence-corrected chi connectivity index (χ4v) is 10.4. The van der Waals surface area contributed by atoms with Crippen molar-refractivity contribution in [1.82, 2.24) is 0 Å². The molecule has 8 aromatic carbocycles. The highest BCUT2D eigenvalue weighted by molar-refractivity contribution is 7.19. The first-order valence-electron chi connectivity index (χ1n) is 18.0. The van der Waals surface area contributed by atoms with Crippen molar-refractivity contribution in [3.8, 4) is 33.6 Å². The van der Waals surface area contributed by atoms with E-state index in [1.54, 1.807) is 6.26 Å². The molecular weight excluding hydrogens is 649 g/mol. The van der Waals surface area contributed by atoms with Gasteiger partial charge in [0, 0.05) is 26.4 Å². The second kappa shape index (κ2) is 11.7. The second-order valence-corrected chi connectivity index (χ2v) is 14.9. The summed E-state index contributed by atoms with van der Waals surface area (Å²) in [4.78, 5) is 1.44. The van der Waals surface area contributed by atoms with Crippen LogP contribution in [-0.4, -0.2) is 0 Å². The summed E-state index contributed by atoms with van der Waals surface area (Å²) in [5.74, 6) is 1.13. The highest BCUT2D eigenvalue weighted by Gasteiger charge is 2.29. The van der Waals surface area contributed by atoms with Gasteiger partial charge >= 0.3 is 0 Å². The zero-order valence-electron chi connectivity index (χ0n) is 28.3. The Morgan fingerprint density at radius 2 is 1.04 bits per heavy atom. The number of thiophene rings is 1. The minimum Gasteiger partial charge on any atom is -0.464 e. The summed E-state index contributed by atoms with van der Waals surface area (Å²) >= 11 is 1.97. The molecule has 1 nitrogen and oxygen atoms in total. The number of hydrogen-bond acceptors (Lipinski definition) is 2. The van der Waals surface area contributed by atoms with E-state index in [2.05, 4.69) is 164 Å². The molecule has 0 fully saturated rings. The summed E-state index contributed by atoms with van der Waals surface area (Å²) in [6, 6.07) is 57.7. The standard InChI is InChI=1S/C50H32OS/c1-2-15-31(16-3-1)45-32-17-4-6-19-34(32)46(35-20-7-5-18-33(35)45)40-25-13-29-44-49(40)42-27-12-26-41(50(42)52-44)47-36-21-8-10-23-38(36)48(43-28-14-30-51-43)39-24-11-9-22-37(39)47/h1-25,27-30,41H,26H2. The first-order chi connectivity index (χ1) is 25.8. The maximum absolute atomic E-state index is 6.06. The summed E-state index contributed by atoms with van der Waals surface area (Å²) < 4.78 is 7.39. The molecule has 0 N–H and O–H groups in total. The van der Waals surface area contributed by atoms with Gasteiger partial charge in [0.25, 0.3) is 0 Å². The van der Waals surface area contributed by atoms with Gasteiger partial charge in [0.2, 0.25) is 0 Å². The largest absolute Gasteiger partial charge is 0.464 e. The molecule has 0 radical (unpaired) electrons. The fourth-order valence-electron chi connectivity index (χ4n) is 9.06. The first kappa shape index (κ1) is 29.5. The molecule has 11 rings (SSSR count). The smallest absolute Gasteiger partial charge is 0.135 e. The van der Waals surface area contributed by atoms with Crippen molar-refractivity contribution in [3.63, 3.8) is 0 Å². The van der Waals surface area contributed by atoms with E-state index in [4.69, 9.17) is 4.42 Å². The van der Waals surface area contributed by atoms with E-state index in [-0.39, 0.29) is 5.92 Å². The highest BCUT2D eigenvalue weighted by Crippen LogP contribution is 2.53. The molecule has 1 aliphatic rings. The molecule has 2 heterocycles. The van der Waals surface area contributed by atoms with Crippen LogP contribution in [0.5, 0.6) is 0 Å². The van der Waals surface area contributed by atoms with Gasteiger partial charge in [-0.25, -0.2) is 0 Å². The van der Waals surface area contributed by atoms with Crippen LogP contribution in [0.2, 0.25) is 0 Å². The van der Waals surface area contributed by atoms with Gasteiger partial charge < -0.3 is 4.42 Å². The van der Waals surface area contributed by atoms with Crippen LogP contribution in [0, 0.1) is 0 Å². The summed E-state index contributed by atoms with van der Waals surface area (Å²) in [6.07, 6.45) is 7.55. The van der Waals surface area contributed by atoms with Crippen LogP contribution in [0.4, 0.5) is 0 Å². The molecular formula is C50H32OS. The normalized spacial score (nSPS) is 14.2. The predicted octanol–water partition coefficient (Wildman–Crippen LogP) is 14.7. The van der Waals surface area contributed by atoms with E-state index >= 15 is 0 Å². The van der Waals surface area contributed by atoms with Crippen molar-refractivity contribution in [2.24, 2.45) is 0 Å². The number of allylic oxidation sites excluding steroid dienone is 1. The monoisotopic (exact) mass is 680 g/mol. The number of fused-ring (bicyclic) bond motifs is 7. The molecule has 0 saturated heterocycles. The van der Waals surface area contributed by atoms with Crippen LogP contribution in [0.3, 0.4) is 0 Å². The summed E-state index contributed by atoms with van der Waals surface area (Å²) in [5.41, 5.74) is 9.09. The highest BCUT2D eigenvalue weighted by atomic mass is 32.1. The number of benzene rings is 8. The lowest BCUT2D eigenvalue weighted by Gasteiger charge is -2.25. The van der Waals surface area contributed by atoms with E-state index < -0.39 is 0 Å². The molecule has 2 aromatic heterocycles. The molecule has 0 amide bonds. The molecule has 1 atom stereocenters. The van der Waals surface area contributed by atoms with Crippen molar-refractivity contribution >= 4 is 70.6 Å². The number of furan rings is 1. The molecule has 0 spiro atoms. The van der Waals surface area contributed by atoms with Crippen LogP contribution in [0.1, 0.15) is 28.3 Å². The quantitative estimate of drug-likeness (QED) is 0.169. The zero-order valence-corrected chi connectivity index (χ0v) is 29.2. The molecule has 244 valence electrons. The Balaban J connectivity index is 1.20. The number of hydrogen-bond donors (Lipinski definition) is 0. The second-order valence-electron chi connectivity index (χ2n) is 13.8. The van der Waals surface area contributed by atoms with Gasteiger partial charge in [-0.05, 0) is 101 Å². The maximum atomic E-state index is 6.06. The van der Waals surface area contributed by atoms with Crippen LogP contribution >= 0.6 is 11.3 Å². The van der Waals surface area contributed by atoms with Gasteiger partial charge in [0.15, 0.2) is 0 Å². The van der Waals surface area contributed by atoms with Gasteiger partial charge in [0.1, 0.15) is 5.76 Å². The molecule has 52 heavy (non-hydrogen) atoms. The molecule has 10 aromatic rings. The van der Waals surface area contributed by atoms with Gasteiger partial charge in [-0.1, -0.05) is 152 Å². The van der Waals surface area contributed by atoms with E-state index in [1.165, 1.54) is 97.0 Å². The number of rotatable bonds is 4. The third-order valence-electron chi connectivity index (χ3n) is 11.1. The van der Waals surface area contributed by atoms with E-state index in [0.29, 0.717) is 0 Å². The maximum Gasteiger partial charge on any atom is 0.135 e. The Bertz CT molecular complexity index is 2920. The van der Waals surface area contributed by atoms with Crippen molar-refractivity contribution in [1.29, 1.82) is 0 Å². The van der Waals surface area contributed by atoms with E-state index in [1.807, 2.05) is 17.4 Å². The average molecular weight is 681 g/mol. The van der Waals surface area contributed by atoms with Gasteiger partial charge in [0.05, 0.1) is 6.26 Å². The average Bonchev–Trinajstić information content (AvgIpc) is 3.88. The topological polar surface area (TPSA) is 13.1 Å². The minimum absolute atomic E-state index is 0.222. The third kappa shape index (κ3) is 4.28. The Kier molecular flexibility index (Phi) is 6.62. The van der Waals surface area contributed by atoms with E-state index in [0.717, 1.165) is 12.2 Å². The van der Waals surface area contributed by atoms with Crippen molar-refractivity contribution in [2.45, 2.75) is 12.3 Å². The lowest BCUT2D eigenvalue weighted by Crippen LogP contribution is -2.05. The Morgan fingerprint density at radius 3 is 1.63 bits per heavy atom.